The first-order valence-corrected chi connectivity index (χ1v) is 4.89. The maximum atomic E-state index is 11.5. The number of nitrogens with one attached hydrogen (secondary N) is 3. The van der Waals surface area contributed by atoms with Gasteiger partial charge in [-0.3, -0.25) is 10.4 Å². The molecule has 0 unspecified atom stereocenters. The van der Waals surface area contributed by atoms with E-state index >= 15 is 0 Å². The third kappa shape index (κ3) is 2.60. The minimum Gasteiger partial charge on any atom is -0.308 e. The average molecular weight is 216 g/mol. The zero-order valence-electron chi connectivity index (χ0n) is 8.82. The normalized spacial score (nSPS) is 9.81. The van der Waals surface area contributed by atoms with Crippen molar-refractivity contribution in [2.45, 2.75) is 6.92 Å². The van der Waals surface area contributed by atoms with Crippen molar-refractivity contribution in [2.75, 3.05) is 10.6 Å². The van der Waals surface area contributed by atoms with Gasteiger partial charge in [-0.25, -0.2) is 4.79 Å². The largest absolute Gasteiger partial charge is 0.324 e. The number of para-hydroxylation sites is 1. The molecule has 0 aliphatic heterocycles. The van der Waals surface area contributed by atoms with E-state index in [4.69, 9.17) is 0 Å². The Morgan fingerprint density at radius 3 is 2.62 bits per heavy atom. The van der Waals surface area contributed by atoms with Gasteiger partial charge < -0.3 is 5.32 Å². The van der Waals surface area contributed by atoms with Gasteiger partial charge in [0, 0.05) is 11.8 Å². The van der Waals surface area contributed by atoms with Crippen molar-refractivity contribution in [3.63, 3.8) is 0 Å². The zero-order valence-corrected chi connectivity index (χ0v) is 8.82. The van der Waals surface area contributed by atoms with E-state index in [0.717, 1.165) is 11.4 Å². The average Bonchev–Trinajstić information content (AvgIpc) is 2.65. The Morgan fingerprint density at radius 2 is 2.00 bits per heavy atom. The molecule has 0 aliphatic carbocycles. The van der Waals surface area contributed by atoms with Gasteiger partial charge in [-0.2, -0.15) is 5.10 Å². The molecule has 5 nitrogen and oxygen atoms in total. The first kappa shape index (κ1) is 10.2. The Morgan fingerprint density at radius 1 is 1.25 bits per heavy atom. The van der Waals surface area contributed by atoms with Gasteiger partial charge in [-0.1, -0.05) is 18.2 Å². The molecule has 1 aromatic carbocycles. The van der Waals surface area contributed by atoms with Crippen molar-refractivity contribution >= 4 is 17.5 Å². The van der Waals surface area contributed by atoms with Crippen LogP contribution in [0, 0.1) is 6.92 Å². The lowest BCUT2D eigenvalue weighted by Gasteiger charge is -2.04. The molecule has 16 heavy (non-hydrogen) atoms. The smallest absolute Gasteiger partial charge is 0.308 e. The van der Waals surface area contributed by atoms with Crippen LogP contribution in [-0.4, -0.2) is 16.2 Å². The lowest BCUT2D eigenvalue weighted by molar-refractivity contribution is 0.262. The molecule has 0 bridgehead atoms. The van der Waals surface area contributed by atoms with Gasteiger partial charge >= 0.3 is 6.03 Å². The van der Waals surface area contributed by atoms with Crippen molar-refractivity contribution in [3.8, 4) is 0 Å². The van der Waals surface area contributed by atoms with Crippen molar-refractivity contribution in [2.24, 2.45) is 0 Å². The quantitative estimate of drug-likeness (QED) is 0.721. The molecule has 2 rings (SSSR count). The number of nitrogens with zero attached hydrogens (tertiary/aromatic N) is 1. The highest BCUT2D eigenvalue weighted by Crippen LogP contribution is 2.07. The Kier molecular flexibility index (Phi) is 2.86. The molecule has 2 aromatic rings. The van der Waals surface area contributed by atoms with Gasteiger partial charge in [-0.05, 0) is 19.1 Å². The highest BCUT2D eigenvalue weighted by Gasteiger charge is 2.03. The van der Waals surface area contributed by atoms with E-state index in [9.17, 15) is 4.79 Å². The fourth-order valence-corrected chi connectivity index (χ4v) is 1.29. The lowest BCUT2D eigenvalue weighted by Crippen LogP contribution is -2.19. The molecule has 0 atom stereocenters. The third-order valence-corrected chi connectivity index (χ3v) is 1.99. The summed E-state index contributed by atoms with van der Waals surface area (Å²) in [7, 11) is 0. The second-order valence-corrected chi connectivity index (χ2v) is 3.37. The fraction of sp³-hybridized carbons (Fsp3) is 0.0909. The van der Waals surface area contributed by atoms with Gasteiger partial charge in [0.05, 0.1) is 5.69 Å². The first-order valence-electron chi connectivity index (χ1n) is 4.89. The molecule has 0 spiro atoms. The van der Waals surface area contributed by atoms with Crippen LogP contribution in [-0.2, 0) is 0 Å². The number of H-pyrrole nitrogens is 1. The molecule has 3 N–H and O–H groups in total. The maximum absolute atomic E-state index is 11.5. The predicted molar refractivity (Wildman–Crippen MR) is 62.4 cm³/mol. The van der Waals surface area contributed by atoms with Crippen LogP contribution in [0.25, 0.3) is 0 Å². The second-order valence-electron chi connectivity index (χ2n) is 3.37. The summed E-state index contributed by atoms with van der Waals surface area (Å²) in [6.07, 6.45) is 0. The summed E-state index contributed by atoms with van der Waals surface area (Å²) in [6, 6.07) is 10.7. The molecule has 0 saturated carbocycles. The fourth-order valence-electron chi connectivity index (χ4n) is 1.29. The van der Waals surface area contributed by atoms with Crippen LogP contribution >= 0.6 is 0 Å². The number of benzene rings is 1. The van der Waals surface area contributed by atoms with Gasteiger partial charge in [-0.15, -0.1) is 0 Å². The number of hydrogen-bond acceptors (Lipinski definition) is 2. The van der Waals surface area contributed by atoms with Crippen LogP contribution in [0.5, 0.6) is 0 Å². The summed E-state index contributed by atoms with van der Waals surface area (Å²) < 4.78 is 0. The number of anilines is 2. The Balaban J connectivity index is 1.95. The number of aromatic amines is 1. The number of carbonyl (C=O) groups excluding carboxylic acids is 1. The molecule has 5 heteroatoms. The van der Waals surface area contributed by atoms with E-state index in [1.807, 2.05) is 37.3 Å². The monoisotopic (exact) mass is 216 g/mol. The Hall–Kier alpha value is -2.30. The summed E-state index contributed by atoms with van der Waals surface area (Å²) in [4.78, 5) is 11.5. The molecule has 82 valence electrons. The standard InChI is InChI=1S/C11H12N4O/c1-8-7-10(15-14-8)13-11(16)12-9-5-3-2-4-6-9/h2-7H,1H3,(H3,12,13,14,15,16). The van der Waals surface area contributed by atoms with Crippen LogP contribution < -0.4 is 10.6 Å². The van der Waals surface area contributed by atoms with Crippen molar-refractivity contribution < 1.29 is 4.79 Å². The second kappa shape index (κ2) is 4.48. The Labute approximate surface area is 92.9 Å². The number of amides is 2. The first-order chi connectivity index (χ1) is 7.74. The molecule has 1 aromatic heterocycles. The lowest BCUT2D eigenvalue weighted by atomic mass is 10.3. The van der Waals surface area contributed by atoms with Crippen LogP contribution in [0.3, 0.4) is 0 Å². The van der Waals surface area contributed by atoms with E-state index in [2.05, 4.69) is 20.8 Å². The van der Waals surface area contributed by atoms with Crippen LogP contribution in [0.2, 0.25) is 0 Å². The van der Waals surface area contributed by atoms with E-state index in [0.29, 0.717) is 5.82 Å². The Bertz CT molecular complexity index is 478. The van der Waals surface area contributed by atoms with Crippen molar-refractivity contribution in [3.05, 3.63) is 42.1 Å². The van der Waals surface area contributed by atoms with Crippen LogP contribution in [0.1, 0.15) is 5.69 Å². The van der Waals surface area contributed by atoms with Gasteiger partial charge in [0.25, 0.3) is 0 Å². The zero-order chi connectivity index (χ0) is 11.4. The maximum Gasteiger partial charge on any atom is 0.324 e. The predicted octanol–water partition coefficient (Wildman–Crippen LogP) is 2.36. The van der Waals surface area contributed by atoms with Crippen LogP contribution in [0.4, 0.5) is 16.3 Å². The summed E-state index contributed by atoms with van der Waals surface area (Å²) >= 11 is 0. The molecule has 1 heterocycles. The molecule has 0 fully saturated rings. The highest BCUT2D eigenvalue weighted by molar-refractivity contribution is 5.99. The molecule has 0 radical (unpaired) electrons. The molecule has 0 saturated heterocycles. The topological polar surface area (TPSA) is 69.8 Å². The number of aryl methyl sites for hydroxylation is 1. The number of urea groups is 1. The SMILES string of the molecule is Cc1cc(NC(=O)Nc2ccccc2)[nH]n1. The minimum absolute atomic E-state index is 0.296. The number of rotatable bonds is 2. The van der Waals surface area contributed by atoms with Gasteiger partial charge in [0.2, 0.25) is 0 Å². The molecular weight excluding hydrogens is 204 g/mol. The van der Waals surface area contributed by atoms with Crippen molar-refractivity contribution in [1.82, 2.24) is 10.2 Å². The van der Waals surface area contributed by atoms with E-state index in [-0.39, 0.29) is 6.03 Å². The van der Waals surface area contributed by atoms with E-state index in [1.54, 1.807) is 6.07 Å². The minimum atomic E-state index is -0.296. The third-order valence-electron chi connectivity index (χ3n) is 1.99. The molecular formula is C11H12N4O. The number of hydrogen-bond donors (Lipinski definition) is 3. The highest BCUT2D eigenvalue weighted by atomic mass is 16.2. The summed E-state index contributed by atoms with van der Waals surface area (Å²) in [5, 5.41) is 12.0. The summed E-state index contributed by atoms with van der Waals surface area (Å²) in [5.41, 5.74) is 1.58. The number of carbonyl (C=O) groups is 1. The van der Waals surface area contributed by atoms with Crippen LogP contribution in [0.15, 0.2) is 36.4 Å². The molecule has 2 amide bonds. The summed E-state index contributed by atoms with van der Waals surface area (Å²) in [6.45, 7) is 1.84. The van der Waals surface area contributed by atoms with Crippen molar-refractivity contribution in [1.29, 1.82) is 0 Å². The summed E-state index contributed by atoms with van der Waals surface area (Å²) in [5.74, 6) is 0.575. The molecule has 0 aliphatic rings. The number of aromatic nitrogens is 2. The van der Waals surface area contributed by atoms with Gasteiger partial charge in [0.15, 0.2) is 0 Å². The van der Waals surface area contributed by atoms with E-state index in [1.165, 1.54) is 0 Å². The van der Waals surface area contributed by atoms with Gasteiger partial charge in [0.1, 0.15) is 5.82 Å². The van der Waals surface area contributed by atoms with E-state index < -0.39 is 0 Å².